The third-order valence-electron chi connectivity index (χ3n) is 3.79. The molecule has 1 aromatic heterocycles. The molecule has 0 radical (unpaired) electrons. The number of aliphatic hydroxyl groups is 1. The van der Waals surface area contributed by atoms with Gasteiger partial charge in [0.15, 0.2) is 0 Å². The molecule has 21 heavy (non-hydrogen) atoms. The lowest BCUT2D eigenvalue weighted by Crippen LogP contribution is -2.45. The Morgan fingerprint density at radius 3 is 2.38 bits per heavy atom. The Kier molecular flexibility index (Phi) is 4.40. The fraction of sp³-hybridized carbons (Fsp3) is 0.615. The molecule has 1 heterocycles. The largest absolute Gasteiger partial charge is 0.478 e. The molecule has 8 heteroatoms. The minimum atomic E-state index is -4.01. The number of nitrogens with zero attached hydrogens (tertiary/aromatic N) is 1. The zero-order valence-electron chi connectivity index (χ0n) is 12.0. The Morgan fingerprint density at radius 2 is 1.95 bits per heavy atom. The minimum Gasteiger partial charge on any atom is -0.478 e. The zero-order valence-corrected chi connectivity index (χ0v) is 12.8. The van der Waals surface area contributed by atoms with E-state index in [1.165, 1.54) is 18.2 Å². The van der Waals surface area contributed by atoms with Gasteiger partial charge in [-0.3, -0.25) is 0 Å². The number of hydrogen-bond donors (Lipinski definition) is 2. The monoisotopic (exact) mass is 317 g/mol. The highest BCUT2D eigenvalue weighted by molar-refractivity contribution is 7.89. The highest BCUT2D eigenvalue weighted by Crippen LogP contribution is 2.34. The minimum absolute atomic E-state index is 0.0459. The van der Waals surface area contributed by atoms with Crippen LogP contribution in [0.5, 0.6) is 0 Å². The molecule has 0 unspecified atom stereocenters. The van der Waals surface area contributed by atoms with Crippen LogP contribution >= 0.6 is 0 Å². The lowest BCUT2D eigenvalue weighted by Gasteiger charge is -2.36. The van der Waals surface area contributed by atoms with Crippen LogP contribution in [0.15, 0.2) is 9.31 Å². The Morgan fingerprint density at radius 1 is 1.33 bits per heavy atom. The van der Waals surface area contributed by atoms with Gasteiger partial charge in [-0.05, 0) is 26.7 Å². The van der Waals surface area contributed by atoms with E-state index >= 15 is 0 Å². The summed E-state index contributed by atoms with van der Waals surface area (Å²) in [5.74, 6) is -1.20. The lowest BCUT2D eigenvalue weighted by molar-refractivity contribution is 0.0691. The van der Waals surface area contributed by atoms with E-state index in [1.54, 1.807) is 0 Å². The molecule has 0 amide bonds. The van der Waals surface area contributed by atoms with Crippen molar-refractivity contribution in [3.8, 4) is 0 Å². The van der Waals surface area contributed by atoms with Crippen molar-refractivity contribution in [2.45, 2.75) is 44.0 Å². The number of hydrogen-bond acceptors (Lipinski definition) is 5. The molecule has 118 valence electrons. The van der Waals surface area contributed by atoms with Crippen molar-refractivity contribution in [2.75, 3.05) is 13.2 Å². The van der Waals surface area contributed by atoms with Crippen molar-refractivity contribution < 1.29 is 27.8 Å². The molecule has 0 atom stereocenters. The van der Waals surface area contributed by atoms with Crippen molar-refractivity contribution in [2.24, 2.45) is 0 Å². The van der Waals surface area contributed by atoms with Crippen LogP contribution in [0.4, 0.5) is 0 Å². The van der Waals surface area contributed by atoms with Gasteiger partial charge in [-0.1, -0.05) is 6.42 Å². The number of aryl methyl sites for hydroxylation is 2. The van der Waals surface area contributed by atoms with Crippen LogP contribution in [-0.4, -0.2) is 48.1 Å². The van der Waals surface area contributed by atoms with Gasteiger partial charge < -0.3 is 14.6 Å². The Hall–Kier alpha value is -1.38. The predicted molar refractivity (Wildman–Crippen MR) is 73.8 cm³/mol. The Labute approximate surface area is 123 Å². The molecule has 0 aromatic carbocycles. The molecule has 1 aliphatic carbocycles. The van der Waals surface area contributed by atoms with Crippen molar-refractivity contribution in [1.29, 1.82) is 0 Å². The van der Waals surface area contributed by atoms with Gasteiger partial charge in [-0.2, -0.15) is 4.31 Å². The third kappa shape index (κ3) is 2.70. The van der Waals surface area contributed by atoms with Gasteiger partial charge in [0.25, 0.3) is 0 Å². The number of carboxylic acid groups (broad SMARTS) is 1. The molecule has 7 nitrogen and oxygen atoms in total. The second kappa shape index (κ2) is 5.78. The van der Waals surface area contributed by atoms with Crippen molar-refractivity contribution >= 4 is 16.0 Å². The number of furan rings is 1. The maximum absolute atomic E-state index is 12.8. The van der Waals surface area contributed by atoms with E-state index in [4.69, 9.17) is 9.52 Å². The molecule has 1 aromatic rings. The van der Waals surface area contributed by atoms with E-state index in [1.807, 2.05) is 0 Å². The maximum Gasteiger partial charge on any atom is 0.340 e. The highest BCUT2D eigenvalue weighted by Gasteiger charge is 2.39. The molecule has 2 N–H and O–H groups in total. The SMILES string of the molecule is Cc1oc(C)c(S(=O)(=O)N(CCO)C2CCC2)c1C(=O)O. The average Bonchev–Trinajstić information content (AvgIpc) is 2.62. The number of aromatic carboxylic acids is 1. The van der Waals surface area contributed by atoms with Gasteiger partial charge in [0, 0.05) is 12.6 Å². The maximum atomic E-state index is 12.8. The summed E-state index contributed by atoms with van der Waals surface area (Å²) in [6.07, 6.45) is 2.37. The molecule has 0 saturated heterocycles. The van der Waals surface area contributed by atoms with Crippen molar-refractivity contribution in [3.05, 3.63) is 17.1 Å². The van der Waals surface area contributed by atoms with Gasteiger partial charge in [0.2, 0.25) is 10.0 Å². The Bertz CT molecular complexity index is 644. The lowest BCUT2D eigenvalue weighted by atomic mass is 9.93. The normalized spacial score (nSPS) is 16.2. The zero-order chi connectivity index (χ0) is 15.8. The van der Waals surface area contributed by atoms with E-state index in [0.717, 1.165) is 19.3 Å². The van der Waals surface area contributed by atoms with Gasteiger partial charge in [-0.15, -0.1) is 0 Å². The summed E-state index contributed by atoms with van der Waals surface area (Å²) in [5, 5.41) is 18.4. The van der Waals surface area contributed by atoms with Crippen LogP contribution in [-0.2, 0) is 10.0 Å². The fourth-order valence-electron chi connectivity index (χ4n) is 2.61. The molecule has 1 saturated carbocycles. The first-order valence-electron chi connectivity index (χ1n) is 6.76. The predicted octanol–water partition coefficient (Wildman–Crippen LogP) is 1.13. The van der Waals surface area contributed by atoms with Crippen molar-refractivity contribution in [3.63, 3.8) is 0 Å². The second-order valence-electron chi connectivity index (χ2n) is 5.15. The van der Waals surface area contributed by atoms with Crippen LogP contribution in [0.3, 0.4) is 0 Å². The number of sulfonamides is 1. The number of carbonyl (C=O) groups is 1. The molecule has 1 aliphatic rings. The molecule has 0 spiro atoms. The first-order chi connectivity index (χ1) is 9.80. The van der Waals surface area contributed by atoms with Crippen LogP contribution in [0.2, 0.25) is 0 Å². The van der Waals surface area contributed by atoms with Crippen LogP contribution < -0.4 is 0 Å². The molecular weight excluding hydrogens is 298 g/mol. The van der Waals surface area contributed by atoms with Gasteiger partial charge in [0.1, 0.15) is 22.0 Å². The summed E-state index contributed by atoms with van der Waals surface area (Å²) >= 11 is 0. The molecule has 1 fully saturated rings. The van der Waals surface area contributed by atoms with Crippen LogP contribution in [0.25, 0.3) is 0 Å². The molecule has 0 aliphatic heterocycles. The number of rotatable bonds is 6. The average molecular weight is 317 g/mol. The molecule has 0 bridgehead atoms. The summed E-state index contributed by atoms with van der Waals surface area (Å²) in [6.45, 7) is 2.50. The first kappa shape index (κ1) is 16.0. The first-order valence-corrected chi connectivity index (χ1v) is 8.20. The molecule has 2 rings (SSSR count). The fourth-order valence-corrected chi connectivity index (χ4v) is 4.66. The van der Waals surface area contributed by atoms with E-state index in [-0.39, 0.29) is 41.2 Å². The molecular formula is C13H19NO6S. The smallest absolute Gasteiger partial charge is 0.340 e. The quantitative estimate of drug-likeness (QED) is 0.814. The van der Waals surface area contributed by atoms with E-state index in [2.05, 4.69) is 0 Å². The number of aliphatic hydroxyl groups excluding tert-OH is 1. The van der Waals surface area contributed by atoms with E-state index in [9.17, 15) is 18.3 Å². The van der Waals surface area contributed by atoms with E-state index < -0.39 is 16.0 Å². The number of carboxylic acids is 1. The standard InChI is InChI=1S/C13H19NO6S/c1-8-11(13(16)17)12(9(2)20-8)21(18,19)14(6-7-15)10-4-3-5-10/h10,15H,3-7H2,1-2H3,(H,16,17). The summed E-state index contributed by atoms with van der Waals surface area (Å²) in [5.41, 5.74) is -0.324. The van der Waals surface area contributed by atoms with Gasteiger partial charge in [0.05, 0.1) is 6.61 Å². The van der Waals surface area contributed by atoms with Crippen molar-refractivity contribution in [1.82, 2.24) is 4.31 Å². The topological polar surface area (TPSA) is 108 Å². The summed E-state index contributed by atoms with van der Waals surface area (Å²) in [7, 11) is -4.01. The summed E-state index contributed by atoms with van der Waals surface area (Å²) in [4.78, 5) is 11.0. The van der Waals surface area contributed by atoms with Crippen LogP contribution in [0.1, 0.15) is 41.1 Å². The summed E-state index contributed by atoms with van der Waals surface area (Å²) < 4.78 is 32.0. The summed E-state index contributed by atoms with van der Waals surface area (Å²) in [6, 6.07) is -0.182. The second-order valence-corrected chi connectivity index (χ2v) is 6.98. The highest BCUT2D eigenvalue weighted by atomic mass is 32.2. The van der Waals surface area contributed by atoms with E-state index in [0.29, 0.717) is 0 Å². The van der Waals surface area contributed by atoms with Gasteiger partial charge in [-0.25, -0.2) is 13.2 Å². The Balaban J connectivity index is 2.54. The van der Waals surface area contributed by atoms with Crippen LogP contribution in [0, 0.1) is 13.8 Å². The third-order valence-corrected chi connectivity index (χ3v) is 5.89. The van der Waals surface area contributed by atoms with Gasteiger partial charge >= 0.3 is 5.97 Å².